The Bertz CT molecular complexity index is 1270. The minimum absolute atomic E-state index is 0.0341. The van der Waals surface area contributed by atoms with Gasteiger partial charge >= 0.3 is 0 Å². The molecule has 0 bridgehead atoms. The third-order valence-corrected chi connectivity index (χ3v) is 6.13. The normalized spacial score (nSPS) is 10.7. The topological polar surface area (TPSA) is 85.9 Å². The molecule has 0 aliphatic carbocycles. The monoisotopic (exact) mass is 665 g/mol. The van der Waals surface area contributed by atoms with Crippen LogP contribution in [0.1, 0.15) is 16.7 Å². The molecule has 1 N–H and O–H groups in total. The van der Waals surface area contributed by atoms with Crippen molar-refractivity contribution in [3.8, 4) is 17.9 Å². The molecule has 0 fully saturated rings. The number of carbonyl (C=O) groups excluding carboxylic acids is 1. The first-order chi connectivity index (χ1) is 15.4. The minimum Gasteiger partial charge on any atom is -0.487 e. The second-order valence-corrected chi connectivity index (χ2v) is 9.27. The van der Waals surface area contributed by atoms with Crippen LogP contribution in [0.5, 0.6) is 5.75 Å². The predicted octanol–water partition coefficient (Wildman–Crippen LogP) is 6.55. The lowest BCUT2D eigenvalue weighted by Gasteiger charge is -2.12. The molecule has 1 amide bonds. The van der Waals surface area contributed by atoms with E-state index in [0.717, 1.165) is 12.7 Å². The largest absolute Gasteiger partial charge is 0.487 e. The van der Waals surface area contributed by atoms with Crippen LogP contribution in [-0.4, -0.2) is 5.91 Å². The van der Waals surface area contributed by atoms with Gasteiger partial charge in [0, 0.05) is 16.3 Å². The molecule has 3 aromatic carbocycles. The Morgan fingerprint density at radius 2 is 1.78 bits per heavy atom. The number of nitrogens with one attached hydrogen (secondary N) is 1. The maximum Gasteiger partial charge on any atom is 0.266 e. The van der Waals surface area contributed by atoms with Gasteiger partial charge in [0.25, 0.3) is 5.91 Å². The molecule has 3 aromatic rings. The van der Waals surface area contributed by atoms with E-state index in [1.54, 1.807) is 30.3 Å². The van der Waals surface area contributed by atoms with Gasteiger partial charge in [0.15, 0.2) is 0 Å². The van der Waals surface area contributed by atoms with Crippen molar-refractivity contribution in [1.82, 2.24) is 0 Å². The highest BCUT2D eigenvalue weighted by Crippen LogP contribution is 2.31. The second-order valence-electron chi connectivity index (χ2n) is 6.51. The Kier molecular flexibility index (Phi) is 8.51. The van der Waals surface area contributed by atoms with Crippen LogP contribution in [0.15, 0.2) is 66.2 Å². The summed E-state index contributed by atoms with van der Waals surface area (Å²) in [6.45, 7) is 0.260. The number of anilines is 1. The van der Waals surface area contributed by atoms with E-state index < -0.39 is 5.91 Å². The summed E-state index contributed by atoms with van der Waals surface area (Å²) in [5.41, 5.74) is 2.54. The smallest absolute Gasteiger partial charge is 0.266 e. The van der Waals surface area contributed by atoms with Gasteiger partial charge in [-0.2, -0.15) is 10.5 Å². The summed E-state index contributed by atoms with van der Waals surface area (Å²) < 4.78 is 7.62. The van der Waals surface area contributed by atoms with Crippen LogP contribution in [0.4, 0.5) is 5.69 Å². The number of carbonyl (C=O) groups is 1. The molecule has 8 heteroatoms. The number of benzene rings is 3. The molecular formula is C24H14ClI2N3O2. The molecule has 0 aliphatic rings. The zero-order valence-electron chi connectivity index (χ0n) is 16.4. The maximum atomic E-state index is 12.5. The van der Waals surface area contributed by atoms with Gasteiger partial charge in [-0.1, -0.05) is 35.9 Å². The summed E-state index contributed by atoms with van der Waals surface area (Å²) in [5, 5.41) is 21.9. The molecule has 0 radical (unpaired) electrons. The number of nitriles is 2. The van der Waals surface area contributed by atoms with Crippen LogP contribution in [0.3, 0.4) is 0 Å². The van der Waals surface area contributed by atoms with Crippen LogP contribution in [-0.2, 0) is 11.4 Å². The van der Waals surface area contributed by atoms with E-state index in [-0.39, 0.29) is 12.2 Å². The number of amides is 1. The molecule has 0 atom stereocenters. The molecule has 3 rings (SSSR count). The highest BCUT2D eigenvalue weighted by molar-refractivity contribution is 14.1. The van der Waals surface area contributed by atoms with Crippen molar-refractivity contribution in [2.24, 2.45) is 0 Å². The molecule has 0 aromatic heterocycles. The highest BCUT2D eigenvalue weighted by Gasteiger charge is 2.13. The molecule has 5 nitrogen and oxygen atoms in total. The number of rotatable bonds is 6. The molecule has 32 heavy (non-hydrogen) atoms. The second kappa shape index (κ2) is 11.3. The maximum absolute atomic E-state index is 12.5. The van der Waals surface area contributed by atoms with Crippen LogP contribution in [0.2, 0.25) is 5.02 Å². The first-order valence-corrected chi connectivity index (χ1v) is 11.7. The Morgan fingerprint density at radius 1 is 1.06 bits per heavy atom. The van der Waals surface area contributed by atoms with Gasteiger partial charge < -0.3 is 10.1 Å². The molecule has 0 aliphatic heterocycles. The third kappa shape index (κ3) is 6.22. The molecule has 0 unspecified atom stereocenters. The highest BCUT2D eigenvalue weighted by atomic mass is 127. The fourth-order valence-corrected chi connectivity index (χ4v) is 5.10. The molecular weight excluding hydrogens is 652 g/mol. The van der Waals surface area contributed by atoms with E-state index >= 15 is 0 Å². The van der Waals surface area contributed by atoms with Gasteiger partial charge in [-0.15, -0.1) is 0 Å². The summed E-state index contributed by atoms with van der Waals surface area (Å²) in [6.07, 6.45) is 1.53. The number of nitrogens with zero attached hydrogens (tertiary/aromatic N) is 2. The average Bonchev–Trinajstić information content (AvgIpc) is 2.77. The Balaban J connectivity index is 1.79. The Morgan fingerprint density at radius 3 is 2.44 bits per heavy atom. The van der Waals surface area contributed by atoms with Crippen molar-refractivity contribution in [3.05, 3.63) is 95.1 Å². The Hall–Kier alpha value is -2.60. The molecule has 0 saturated carbocycles. The minimum atomic E-state index is -0.520. The first-order valence-electron chi connectivity index (χ1n) is 9.20. The lowest BCUT2D eigenvalue weighted by atomic mass is 10.1. The molecule has 0 heterocycles. The fraction of sp³-hybridized carbons (Fsp3) is 0.0417. The van der Waals surface area contributed by atoms with Crippen molar-refractivity contribution in [2.45, 2.75) is 6.61 Å². The summed E-state index contributed by atoms with van der Waals surface area (Å²) in [7, 11) is 0. The summed E-state index contributed by atoms with van der Waals surface area (Å²) >= 11 is 10.2. The van der Waals surface area contributed by atoms with E-state index in [0.29, 0.717) is 27.6 Å². The van der Waals surface area contributed by atoms with Crippen molar-refractivity contribution < 1.29 is 9.53 Å². The number of halogens is 3. The molecule has 0 saturated heterocycles. The SMILES string of the molecule is N#C/C(=C\c1cc(I)c(OCc2ccccc2C#N)c(I)c1)C(=O)Nc1cccc(Cl)c1. The number of hydrogen-bond acceptors (Lipinski definition) is 4. The van der Waals surface area contributed by atoms with Crippen LogP contribution in [0, 0.1) is 29.8 Å². The van der Waals surface area contributed by atoms with E-state index in [4.69, 9.17) is 16.3 Å². The van der Waals surface area contributed by atoms with Gasteiger partial charge in [0.05, 0.1) is 18.8 Å². The van der Waals surface area contributed by atoms with Crippen LogP contribution in [0.25, 0.3) is 6.08 Å². The first kappa shape index (κ1) is 24.1. The quantitative estimate of drug-likeness (QED) is 0.184. The standard InChI is InChI=1S/C24H14ClI2N3O2/c25-19-6-3-7-20(11-19)30-24(31)18(13-29)8-15-9-21(26)23(22(27)10-15)32-14-17-5-2-1-4-16(17)12-28/h1-11H,14H2,(H,30,31)/b18-8+. The summed E-state index contributed by atoms with van der Waals surface area (Å²) in [5.74, 6) is 0.159. The predicted molar refractivity (Wildman–Crippen MR) is 141 cm³/mol. The lowest BCUT2D eigenvalue weighted by Crippen LogP contribution is -2.13. The number of ether oxygens (including phenoxy) is 1. The fourth-order valence-electron chi connectivity index (χ4n) is 2.79. The van der Waals surface area contributed by atoms with Gasteiger partial charge in [0.2, 0.25) is 0 Å². The third-order valence-electron chi connectivity index (χ3n) is 4.29. The molecule has 158 valence electrons. The zero-order chi connectivity index (χ0) is 23.1. The van der Waals surface area contributed by atoms with Gasteiger partial charge in [-0.3, -0.25) is 4.79 Å². The van der Waals surface area contributed by atoms with E-state index in [1.807, 2.05) is 36.4 Å². The number of hydrogen-bond donors (Lipinski definition) is 1. The Labute approximate surface area is 217 Å². The van der Waals surface area contributed by atoms with Gasteiger partial charge in [-0.05, 0) is 93.2 Å². The van der Waals surface area contributed by atoms with Crippen molar-refractivity contribution >= 4 is 74.5 Å². The average molecular weight is 666 g/mol. The van der Waals surface area contributed by atoms with Crippen molar-refractivity contribution in [2.75, 3.05) is 5.32 Å². The van der Waals surface area contributed by atoms with Crippen LogP contribution < -0.4 is 10.1 Å². The van der Waals surface area contributed by atoms with Crippen molar-refractivity contribution in [3.63, 3.8) is 0 Å². The van der Waals surface area contributed by atoms with Gasteiger partial charge in [-0.25, -0.2) is 0 Å². The lowest BCUT2D eigenvalue weighted by molar-refractivity contribution is -0.112. The van der Waals surface area contributed by atoms with E-state index in [2.05, 4.69) is 56.6 Å². The van der Waals surface area contributed by atoms with E-state index in [9.17, 15) is 15.3 Å². The van der Waals surface area contributed by atoms with Crippen LogP contribution >= 0.6 is 56.8 Å². The van der Waals surface area contributed by atoms with Crippen molar-refractivity contribution in [1.29, 1.82) is 10.5 Å². The summed E-state index contributed by atoms with van der Waals surface area (Å²) in [6, 6.07) is 21.8. The molecule has 0 spiro atoms. The zero-order valence-corrected chi connectivity index (χ0v) is 21.5. The van der Waals surface area contributed by atoms with E-state index in [1.165, 1.54) is 6.08 Å². The summed E-state index contributed by atoms with van der Waals surface area (Å²) in [4.78, 5) is 12.5. The van der Waals surface area contributed by atoms with Gasteiger partial charge in [0.1, 0.15) is 24.0 Å².